The molecule has 0 bridgehead atoms. The fourth-order valence-corrected chi connectivity index (χ4v) is 4.08. The Morgan fingerprint density at radius 2 is 2.11 bits per heavy atom. The molecule has 2 aromatic heterocycles. The summed E-state index contributed by atoms with van der Waals surface area (Å²) in [5, 5.41) is 15.2. The third-order valence-corrected chi connectivity index (χ3v) is 6.24. The number of anilines is 3. The van der Waals surface area contributed by atoms with Crippen molar-refractivity contribution < 1.29 is 23.8 Å². The molecule has 0 aliphatic carbocycles. The van der Waals surface area contributed by atoms with Gasteiger partial charge in [-0.25, -0.2) is 14.8 Å². The standard InChI is InChI=1S/C25H32N8O5/c1-31-7-8-33(22(34)16-31)15-17-4-5-21(30-23(17)24-37-10-11-38-24)32(2)25(35)29-20-12-19(27-6-9-36-3)18(13-26)14-28-20/h4-5,12,14,24H,6-11,15-16H2,1-3H3,(H2,27,28,29,35). The first-order valence-corrected chi connectivity index (χ1v) is 12.3. The molecule has 0 unspecified atom stereocenters. The number of carbonyl (C=O) groups is 2. The molecular weight excluding hydrogens is 492 g/mol. The van der Waals surface area contributed by atoms with Gasteiger partial charge in [0.25, 0.3) is 0 Å². The molecule has 13 nitrogen and oxygen atoms in total. The number of methoxy groups -OCH3 is 1. The summed E-state index contributed by atoms with van der Waals surface area (Å²) in [6.07, 6.45) is 0.717. The monoisotopic (exact) mass is 524 g/mol. The normalized spacial score (nSPS) is 16.4. The average Bonchev–Trinajstić information content (AvgIpc) is 3.45. The largest absolute Gasteiger partial charge is 0.383 e. The number of carbonyl (C=O) groups excluding carboxylic acids is 2. The van der Waals surface area contributed by atoms with Gasteiger partial charge < -0.3 is 24.4 Å². The second kappa shape index (κ2) is 12.6. The second-order valence-corrected chi connectivity index (χ2v) is 8.98. The number of nitrogens with zero attached hydrogens (tertiary/aromatic N) is 6. The summed E-state index contributed by atoms with van der Waals surface area (Å²) in [4.78, 5) is 39.6. The van der Waals surface area contributed by atoms with Crippen molar-refractivity contribution in [1.29, 1.82) is 5.26 Å². The van der Waals surface area contributed by atoms with Crippen LogP contribution in [0, 0.1) is 11.3 Å². The van der Waals surface area contributed by atoms with Crippen LogP contribution >= 0.6 is 0 Å². The highest BCUT2D eigenvalue weighted by Crippen LogP contribution is 2.28. The van der Waals surface area contributed by atoms with Crippen LogP contribution in [0.25, 0.3) is 0 Å². The number of rotatable bonds is 9. The number of pyridine rings is 2. The maximum atomic E-state index is 13.1. The van der Waals surface area contributed by atoms with Crippen LogP contribution in [0.1, 0.15) is 23.1 Å². The molecule has 0 saturated carbocycles. The van der Waals surface area contributed by atoms with Gasteiger partial charge in [0.15, 0.2) is 0 Å². The predicted molar refractivity (Wildman–Crippen MR) is 139 cm³/mol. The first kappa shape index (κ1) is 27.2. The summed E-state index contributed by atoms with van der Waals surface area (Å²) in [5.74, 6) is 0.690. The number of amides is 3. The minimum Gasteiger partial charge on any atom is -0.383 e. The van der Waals surface area contributed by atoms with E-state index in [2.05, 4.69) is 21.7 Å². The Balaban J connectivity index is 1.51. The Kier molecular flexibility index (Phi) is 9.03. The van der Waals surface area contributed by atoms with Gasteiger partial charge in [-0.05, 0) is 18.7 Å². The zero-order valence-corrected chi connectivity index (χ0v) is 21.8. The van der Waals surface area contributed by atoms with E-state index in [-0.39, 0.29) is 11.7 Å². The van der Waals surface area contributed by atoms with Crippen molar-refractivity contribution >= 4 is 29.3 Å². The van der Waals surface area contributed by atoms with Gasteiger partial charge in [0, 0.05) is 52.6 Å². The molecule has 4 rings (SSSR count). The fraction of sp³-hybridized carbons (Fsp3) is 0.480. The Hall–Kier alpha value is -3.83. The second-order valence-electron chi connectivity index (χ2n) is 8.98. The molecule has 38 heavy (non-hydrogen) atoms. The summed E-state index contributed by atoms with van der Waals surface area (Å²) in [6, 6.07) is 6.76. The summed E-state index contributed by atoms with van der Waals surface area (Å²) in [5.41, 5.74) is 2.22. The van der Waals surface area contributed by atoms with Crippen LogP contribution in [0.15, 0.2) is 24.4 Å². The summed E-state index contributed by atoms with van der Waals surface area (Å²) in [6.45, 7) is 3.97. The van der Waals surface area contributed by atoms with E-state index in [1.165, 1.54) is 11.1 Å². The van der Waals surface area contributed by atoms with Crippen LogP contribution in [0.4, 0.5) is 22.1 Å². The minimum atomic E-state index is -0.676. The highest BCUT2D eigenvalue weighted by atomic mass is 16.7. The van der Waals surface area contributed by atoms with Gasteiger partial charge in [-0.15, -0.1) is 0 Å². The Morgan fingerprint density at radius 1 is 1.32 bits per heavy atom. The molecule has 2 aliphatic heterocycles. The third-order valence-electron chi connectivity index (χ3n) is 6.24. The van der Waals surface area contributed by atoms with Crippen LogP contribution in [-0.2, 0) is 25.5 Å². The van der Waals surface area contributed by atoms with Crippen LogP contribution in [-0.4, -0.2) is 98.9 Å². The Bertz CT molecular complexity index is 1200. The fourth-order valence-electron chi connectivity index (χ4n) is 4.08. The number of hydrogen-bond acceptors (Lipinski definition) is 10. The van der Waals surface area contributed by atoms with Crippen molar-refractivity contribution in [2.45, 2.75) is 12.8 Å². The van der Waals surface area contributed by atoms with E-state index < -0.39 is 12.3 Å². The molecule has 2 aliphatic rings. The first-order valence-electron chi connectivity index (χ1n) is 12.3. The lowest BCUT2D eigenvalue weighted by Crippen LogP contribution is -2.48. The van der Waals surface area contributed by atoms with Crippen LogP contribution in [0.5, 0.6) is 0 Å². The maximum absolute atomic E-state index is 13.1. The van der Waals surface area contributed by atoms with E-state index in [1.807, 2.05) is 18.0 Å². The van der Waals surface area contributed by atoms with Crippen LogP contribution in [0.2, 0.25) is 0 Å². The zero-order valence-electron chi connectivity index (χ0n) is 21.8. The molecule has 4 heterocycles. The van der Waals surface area contributed by atoms with Crippen molar-refractivity contribution in [2.75, 3.05) is 82.7 Å². The van der Waals surface area contributed by atoms with Crippen molar-refractivity contribution in [1.82, 2.24) is 19.8 Å². The number of nitriles is 1. The number of likely N-dealkylation sites (N-methyl/N-ethyl adjacent to an activating group) is 1. The molecule has 13 heteroatoms. The van der Waals surface area contributed by atoms with Gasteiger partial charge in [0.2, 0.25) is 12.2 Å². The summed E-state index contributed by atoms with van der Waals surface area (Å²) < 4.78 is 16.5. The van der Waals surface area contributed by atoms with E-state index in [1.54, 1.807) is 31.2 Å². The zero-order chi connectivity index (χ0) is 27.1. The third kappa shape index (κ3) is 6.53. The average molecular weight is 525 g/mol. The molecule has 202 valence electrons. The van der Waals surface area contributed by atoms with Crippen molar-refractivity contribution in [3.05, 3.63) is 41.2 Å². The molecule has 2 aromatic rings. The lowest BCUT2D eigenvalue weighted by molar-refractivity contribution is -0.136. The smallest absolute Gasteiger partial charge is 0.328 e. The molecule has 2 fully saturated rings. The van der Waals surface area contributed by atoms with Crippen molar-refractivity contribution in [3.63, 3.8) is 0 Å². The number of hydrogen-bond donors (Lipinski definition) is 2. The van der Waals surface area contributed by atoms with Crippen molar-refractivity contribution in [2.24, 2.45) is 0 Å². The minimum absolute atomic E-state index is 0.0459. The molecule has 0 spiro atoms. The summed E-state index contributed by atoms with van der Waals surface area (Å²) in [7, 11) is 5.09. The van der Waals surface area contributed by atoms with E-state index in [4.69, 9.17) is 19.2 Å². The molecule has 0 radical (unpaired) electrons. The van der Waals surface area contributed by atoms with Gasteiger partial charge in [-0.2, -0.15) is 5.26 Å². The lowest BCUT2D eigenvalue weighted by atomic mass is 10.1. The number of nitrogens with one attached hydrogen (secondary N) is 2. The Labute approximate surface area is 221 Å². The first-order chi connectivity index (χ1) is 18.4. The highest BCUT2D eigenvalue weighted by molar-refractivity contribution is 6.00. The number of urea groups is 1. The van der Waals surface area contributed by atoms with Crippen LogP contribution < -0.4 is 15.5 Å². The maximum Gasteiger partial charge on any atom is 0.328 e. The van der Waals surface area contributed by atoms with Gasteiger partial charge >= 0.3 is 6.03 Å². The topological polar surface area (TPSA) is 145 Å². The Morgan fingerprint density at radius 3 is 2.82 bits per heavy atom. The molecule has 3 amide bonds. The van der Waals surface area contributed by atoms with Gasteiger partial charge in [-0.1, -0.05) is 6.07 Å². The van der Waals surface area contributed by atoms with E-state index >= 15 is 0 Å². The van der Waals surface area contributed by atoms with Gasteiger partial charge in [0.1, 0.15) is 23.4 Å². The van der Waals surface area contributed by atoms with Crippen LogP contribution in [0.3, 0.4) is 0 Å². The molecular formula is C25H32N8O5. The van der Waals surface area contributed by atoms with E-state index in [0.717, 1.165) is 12.1 Å². The summed E-state index contributed by atoms with van der Waals surface area (Å²) >= 11 is 0. The highest BCUT2D eigenvalue weighted by Gasteiger charge is 2.28. The predicted octanol–water partition coefficient (Wildman–Crippen LogP) is 1.39. The quantitative estimate of drug-likeness (QED) is 0.462. The number of aromatic nitrogens is 2. The molecule has 2 saturated heterocycles. The lowest BCUT2D eigenvalue weighted by Gasteiger charge is -2.32. The molecule has 0 aromatic carbocycles. The van der Waals surface area contributed by atoms with E-state index in [0.29, 0.717) is 68.8 Å². The van der Waals surface area contributed by atoms with E-state index in [9.17, 15) is 14.9 Å². The molecule has 2 N–H and O–H groups in total. The van der Waals surface area contributed by atoms with Gasteiger partial charge in [-0.3, -0.25) is 19.9 Å². The number of ether oxygens (including phenoxy) is 3. The van der Waals surface area contributed by atoms with Crippen molar-refractivity contribution in [3.8, 4) is 6.07 Å². The van der Waals surface area contributed by atoms with Gasteiger partial charge in [0.05, 0.1) is 37.6 Å². The SMILES string of the molecule is COCCNc1cc(NC(=O)N(C)c2ccc(CN3CCN(C)CC3=O)c(C3OCCO3)n2)ncc1C#N. The number of piperazine rings is 1. The molecule has 0 atom stereocenters.